The number of ether oxygens (including phenoxy) is 1. The molecule has 40 heavy (non-hydrogen) atoms. The van der Waals surface area contributed by atoms with Crippen molar-refractivity contribution in [2.24, 2.45) is 5.92 Å². The molecule has 1 N–H and O–H groups in total. The third-order valence-corrected chi connectivity index (χ3v) is 8.88. The number of nitrogens with zero attached hydrogens (tertiary/aromatic N) is 4. The zero-order valence-corrected chi connectivity index (χ0v) is 23.3. The second-order valence-corrected chi connectivity index (χ2v) is 12.0. The molecule has 4 aromatic rings. The van der Waals surface area contributed by atoms with Crippen LogP contribution in [-0.2, 0) is 26.1 Å². The number of rotatable bonds is 8. The van der Waals surface area contributed by atoms with Gasteiger partial charge in [0.1, 0.15) is 23.3 Å². The van der Waals surface area contributed by atoms with Gasteiger partial charge in [0, 0.05) is 43.0 Å². The summed E-state index contributed by atoms with van der Waals surface area (Å²) in [6.45, 7) is 5.90. The highest BCUT2D eigenvalue weighted by Gasteiger charge is 2.30. The molecular weight excluding hydrogens is 534 g/mol. The van der Waals surface area contributed by atoms with Gasteiger partial charge in [0.25, 0.3) is 0 Å². The van der Waals surface area contributed by atoms with Crippen LogP contribution in [0.3, 0.4) is 0 Å². The fourth-order valence-corrected chi connectivity index (χ4v) is 6.22. The number of fused-ring (bicyclic) bond motifs is 2. The van der Waals surface area contributed by atoms with Crippen molar-refractivity contribution in [3.05, 3.63) is 70.8 Å². The van der Waals surface area contributed by atoms with Crippen LogP contribution in [0.2, 0.25) is 0 Å². The quantitative estimate of drug-likeness (QED) is 0.251. The number of sulfonamides is 1. The molecular formula is C28H31N5O6S. The standard InChI is InChI=1S/C28H31N5O6S/c1-18(2)26(28(35)38-3)31-27-21-6-4-5-7-22(21)29-24(30-27)17-32-12-14-33(15-13-32)40(36,37)20-9-10-23-19(16-20)8-11-25(34)39-23/h4-11,16,18,26H,12-15,17H2,1-3H3,(H,29,30,31)/t26-/m0/s1. The zero-order valence-electron chi connectivity index (χ0n) is 22.5. The van der Waals surface area contributed by atoms with Crippen LogP contribution in [0, 0.1) is 5.92 Å². The molecule has 5 rings (SSSR count). The highest BCUT2D eigenvalue weighted by molar-refractivity contribution is 7.89. The highest BCUT2D eigenvalue weighted by Crippen LogP contribution is 2.25. The van der Waals surface area contributed by atoms with Crippen LogP contribution in [0.25, 0.3) is 21.9 Å². The Kier molecular flexibility index (Phi) is 7.83. The number of hydrogen-bond acceptors (Lipinski definition) is 10. The minimum Gasteiger partial charge on any atom is -0.467 e. The highest BCUT2D eigenvalue weighted by atomic mass is 32.2. The molecule has 210 valence electrons. The number of carbonyl (C=O) groups excluding carboxylic acids is 1. The van der Waals surface area contributed by atoms with Gasteiger partial charge in [-0.15, -0.1) is 0 Å². The summed E-state index contributed by atoms with van der Waals surface area (Å²) in [6.07, 6.45) is 0. The summed E-state index contributed by atoms with van der Waals surface area (Å²) in [5, 5.41) is 4.60. The molecule has 1 saturated heterocycles. The summed E-state index contributed by atoms with van der Waals surface area (Å²) in [5.41, 5.74) is 0.600. The minimum absolute atomic E-state index is 0.0270. The van der Waals surface area contributed by atoms with Gasteiger partial charge in [-0.2, -0.15) is 4.31 Å². The van der Waals surface area contributed by atoms with Crippen molar-refractivity contribution in [3.63, 3.8) is 0 Å². The Balaban J connectivity index is 1.31. The molecule has 3 heterocycles. The lowest BCUT2D eigenvalue weighted by Crippen LogP contribution is -2.48. The molecule has 0 bridgehead atoms. The number of methoxy groups -OCH3 is 1. The largest absolute Gasteiger partial charge is 0.467 e. The first kappa shape index (κ1) is 27.7. The molecule has 1 atom stereocenters. The van der Waals surface area contributed by atoms with Crippen LogP contribution >= 0.6 is 0 Å². The van der Waals surface area contributed by atoms with Gasteiger partial charge in [-0.3, -0.25) is 4.90 Å². The maximum Gasteiger partial charge on any atom is 0.336 e. The Labute approximate surface area is 231 Å². The van der Waals surface area contributed by atoms with E-state index in [1.165, 1.54) is 35.7 Å². The summed E-state index contributed by atoms with van der Waals surface area (Å²) < 4.78 is 38.2. The lowest BCUT2D eigenvalue weighted by atomic mass is 10.0. The summed E-state index contributed by atoms with van der Waals surface area (Å²) >= 11 is 0. The fraction of sp³-hybridized carbons (Fsp3) is 0.357. The normalized spacial score (nSPS) is 15.9. The van der Waals surface area contributed by atoms with E-state index in [4.69, 9.17) is 19.1 Å². The molecule has 1 aliphatic rings. The molecule has 1 aliphatic heterocycles. The lowest BCUT2D eigenvalue weighted by Gasteiger charge is -2.33. The number of para-hydroxylation sites is 1. The van der Waals surface area contributed by atoms with E-state index in [1.807, 2.05) is 38.1 Å². The molecule has 0 unspecified atom stereocenters. The van der Waals surface area contributed by atoms with Crippen molar-refractivity contribution in [3.8, 4) is 0 Å². The fourth-order valence-electron chi connectivity index (χ4n) is 4.76. The number of esters is 1. The van der Waals surface area contributed by atoms with Gasteiger partial charge in [-0.25, -0.2) is 28.0 Å². The van der Waals surface area contributed by atoms with Crippen molar-refractivity contribution in [2.45, 2.75) is 31.3 Å². The lowest BCUT2D eigenvalue weighted by molar-refractivity contribution is -0.142. The summed E-state index contributed by atoms with van der Waals surface area (Å²) in [4.78, 5) is 35.6. The third kappa shape index (κ3) is 5.69. The Hall–Kier alpha value is -3.87. The number of nitrogens with one attached hydrogen (secondary N) is 1. The molecule has 11 nitrogen and oxygen atoms in total. The molecule has 0 radical (unpaired) electrons. The monoisotopic (exact) mass is 565 g/mol. The second kappa shape index (κ2) is 11.3. The van der Waals surface area contributed by atoms with Crippen LogP contribution in [0.4, 0.5) is 5.82 Å². The summed E-state index contributed by atoms with van der Waals surface area (Å²) in [6, 6.07) is 14.3. The van der Waals surface area contributed by atoms with Gasteiger partial charge in [-0.1, -0.05) is 26.0 Å². The van der Waals surface area contributed by atoms with Crippen molar-refractivity contribution >= 4 is 43.7 Å². The molecule has 0 aliphatic carbocycles. The number of aromatic nitrogens is 2. The maximum absolute atomic E-state index is 13.3. The molecule has 0 saturated carbocycles. The topological polar surface area (TPSA) is 135 Å². The van der Waals surface area contributed by atoms with E-state index in [9.17, 15) is 18.0 Å². The number of carbonyl (C=O) groups is 1. The van der Waals surface area contributed by atoms with Crippen LogP contribution in [-0.4, -0.2) is 72.9 Å². The predicted molar refractivity (Wildman–Crippen MR) is 150 cm³/mol. The first-order chi connectivity index (χ1) is 19.2. The van der Waals surface area contributed by atoms with E-state index < -0.39 is 21.7 Å². The second-order valence-electron chi connectivity index (χ2n) is 10.0. The molecule has 1 fully saturated rings. The van der Waals surface area contributed by atoms with Gasteiger partial charge in [0.15, 0.2) is 0 Å². The SMILES string of the molecule is COC(=O)[C@@H](Nc1nc(CN2CCN(S(=O)(=O)c3ccc4oc(=O)ccc4c3)CC2)nc2ccccc12)C(C)C. The van der Waals surface area contributed by atoms with Crippen molar-refractivity contribution in [2.75, 3.05) is 38.6 Å². The van der Waals surface area contributed by atoms with Crippen LogP contribution in [0.5, 0.6) is 0 Å². The van der Waals surface area contributed by atoms with E-state index in [-0.39, 0.29) is 16.8 Å². The van der Waals surface area contributed by atoms with E-state index in [2.05, 4.69) is 10.2 Å². The summed E-state index contributed by atoms with van der Waals surface area (Å²) in [5.74, 6) is 0.729. The van der Waals surface area contributed by atoms with Crippen LogP contribution < -0.4 is 10.9 Å². The minimum atomic E-state index is -3.73. The molecule has 2 aromatic heterocycles. The average Bonchev–Trinajstić information content (AvgIpc) is 2.95. The van der Waals surface area contributed by atoms with E-state index in [0.29, 0.717) is 55.3 Å². The van der Waals surface area contributed by atoms with Crippen molar-refractivity contribution in [1.82, 2.24) is 19.2 Å². The zero-order chi connectivity index (χ0) is 28.4. The van der Waals surface area contributed by atoms with E-state index in [1.54, 1.807) is 6.07 Å². The first-order valence-electron chi connectivity index (χ1n) is 13.0. The Morgan fingerprint density at radius 1 is 1.05 bits per heavy atom. The van der Waals surface area contributed by atoms with Crippen molar-refractivity contribution < 1.29 is 22.4 Å². The first-order valence-corrected chi connectivity index (χ1v) is 14.5. The number of anilines is 1. The van der Waals surface area contributed by atoms with Crippen LogP contribution in [0.1, 0.15) is 19.7 Å². The van der Waals surface area contributed by atoms with Gasteiger partial charge in [0.2, 0.25) is 10.0 Å². The predicted octanol–water partition coefficient (Wildman–Crippen LogP) is 2.85. The smallest absolute Gasteiger partial charge is 0.336 e. The number of hydrogen-bond donors (Lipinski definition) is 1. The van der Waals surface area contributed by atoms with Gasteiger partial charge in [-0.05, 0) is 42.3 Å². The van der Waals surface area contributed by atoms with Gasteiger partial charge < -0.3 is 14.5 Å². The van der Waals surface area contributed by atoms with Crippen LogP contribution in [0.15, 0.2) is 68.7 Å². The number of benzene rings is 2. The molecule has 2 aromatic carbocycles. The maximum atomic E-state index is 13.3. The van der Waals surface area contributed by atoms with E-state index in [0.717, 1.165) is 10.9 Å². The average molecular weight is 566 g/mol. The van der Waals surface area contributed by atoms with Crippen molar-refractivity contribution in [1.29, 1.82) is 0 Å². The Morgan fingerprint density at radius 2 is 1.80 bits per heavy atom. The molecule has 0 amide bonds. The van der Waals surface area contributed by atoms with E-state index >= 15 is 0 Å². The number of piperazine rings is 1. The van der Waals surface area contributed by atoms with Gasteiger partial charge in [0.05, 0.1) is 24.1 Å². The Morgan fingerprint density at radius 3 is 2.52 bits per heavy atom. The Bertz CT molecular complexity index is 1710. The third-order valence-electron chi connectivity index (χ3n) is 6.99. The van der Waals surface area contributed by atoms with Gasteiger partial charge >= 0.3 is 11.6 Å². The molecule has 0 spiro atoms. The molecule has 12 heteroatoms. The summed E-state index contributed by atoms with van der Waals surface area (Å²) in [7, 11) is -2.36.